The maximum Gasteiger partial charge on any atom is 0.0208 e. The van der Waals surface area contributed by atoms with Gasteiger partial charge in [-0.25, -0.2) is 0 Å². The van der Waals surface area contributed by atoms with Gasteiger partial charge in [-0.05, 0) is 67.8 Å². The Morgan fingerprint density at radius 3 is 2.33 bits per heavy atom. The van der Waals surface area contributed by atoms with E-state index in [0.29, 0.717) is 5.41 Å². The van der Waals surface area contributed by atoms with Crippen molar-refractivity contribution < 1.29 is 0 Å². The molecule has 100 valence electrons. The molecule has 0 unspecified atom stereocenters. The van der Waals surface area contributed by atoms with Crippen molar-refractivity contribution in [3.05, 3.63) is 34.4 Å². The van der Waals surface area contributed by atoms with Crippen molar-refractivity contribution in [2.75, 3.05) is 13.1 Å². The van der Waals surface area contributed by atoms with E-state index in [4.69, 9.17) is 5.73 Å². The molecule has 1 aromatic rings. The first-order valence-corrected chi connectivity index (χ1v) is 7.04. The van der Waals surface area contributed by atoms with Crippen LogP contribution in [0.15, 0.2) is 12.1 Å². The second-order valence-electron chi connectivity index (χ2n) is 6.02. The summed E-state index contributed by atoms with van der Waals surface area (Å²) in [6.07, 6.45) is 3.94. The van der Waals surface area contributed by atoms with Crippen molar-refractivity contribution in [3.8, 4) is 0 Å². The molecule has 2 heteroatoms. The Labute approximate surface area is 111 Å². The standard InChI is InChI=1S/C16H26N2/c1-12-7-14(3)15(8-13(12)2)9-18-11-16(10-17)5-4-6-16/h7-8,18H,4-6,9-11,17H2,1-3H3. The van der Waals surface area contributed by atoms with Gasteiger partial charge in [0, 0.05) is 13.1 Å². The number of nitrogens with two attached hydrogens (primary N) is 1. The topological polar surface area (TPSA) is 38.0 Å². The molecule has 0 bridgehead atoms. The smallest absolute Gasteiger partial charge is 0.0208 e. The summed E-state index contributed by atoms with van der Waals surface area (Å²) in [5.41, 5.74) is 11.9. The van der Waals surface area contributed by atoms with Gasteiger partial charge in [-0.3, -0.25) is 0 Å². The van der Waals surface area contributed by atoms with E-state index >= 15 is 0 Å². The van der Waals surface area contributed by atoms with Crippen molar-refractivity contribution in [3.63, 3.8) is 0 Å². The van der Waals surface area contributed by atoms with E-state index < -0.39 is 0 Å². The molecule has 0 amide bonds. The molecule has 3 N–H and O–H groups in total. The fourth-order valence-electron chi connectivity index (χ4n) is 2.80. The minimum atomic E-state index is 0.396. The second kappa shape index (κ2) is 5.41. The fourth-order valence-corrected chi connectivity index (χ4v) is 2.80. The van der Waals surface area contributed by atoms with Crippen LogP contribution in [0.3, 0.4) is 0 Å². The lowest BCUT2D eigenvalue weighted by Crippen LogP contribution is -2.45. The molecule has 1 aliphatic carbocycles. The monoisotopic (exact) mass is 246 g/mol. The van der Waals surface area contributed by atoms with E-state index in [1.165, 1.54) is 41.5 Å². The lowest BCUT2D eigenvalue weighted by Gasteiger charge is -2.41. The maximum absolute atomic E-state index is 5.88. The molecular formula is C16H26N2. The SMILES string of the molecule is Cc1cc(C)c(CNCC2(CN)CCC2)cc1C. The van der Waals surface area contributed by atoms with Gasteiger partial charge < -0.3 is 11.1 Å². The first-order chi connectivity index (χ1) is 8.56. The van der Waals surface area contributed by atoms with Crippen LogP contribution in [0.2, 0.25) is 0 Å². The van der Waals surface area contributed by atoms with Crippen molar-refractivity contribution >= 4 is 0 Å². The highest BCUT2D eigenvalue weighted by atomic mass is 14.9. The van der Waals surface area contributed by atoms with Crippen LogP contribution in [0.4, 0.5) is 0 Å². The average Bonchev–Trinajstić information content (AvgIpc) is 2.29. The summed E-state index contributed by atoms with van der Waals surface area (Å²) in [5, 5.41) is 3.60. The number of hydrogen-bond donors (Lipinski definition) is 2. The maximum atomic E-state index is 5.88. The van der Waals surface area contributed by atoms with E-state index in [2.05, 4.69) is 38.2 Å². The largest absolute Gasteiger partial charge is 0.330 e. The third-order valence-corrected chi connectivity index (χ3v) is 4.61. The van der Waals surface area contributed by atoms with E-state index in [9.17, 15) is 0 Å². The van der Waals surface area contributed by atoms with Crippen LogP contribution in [-0.2, 0) is 6.54 Å². The summed E-state index contributed by atoms with van der Waals surface area (Å²) >= 11 is 0. The van der Waals surface area contributed by atoms with Crippen LogP contribution in [0, 0.1) is 26.2 Å². The second-order valence-corrected chi connectivity index (χ2v) is 6.02. The third-order valence-electron chi connectivity index (χ3n) is 4.61. The Morgan fingerprint density at radius 1 is 1.11 bits per heavy atom. The molecular weight excluding hydrogens is 220 g/mol. The van der Waals surface area contributed by atoms with Crippen LogP contribution >= 0.6 is 0 Å². The molecule has 1 fully saturated rings. The summed E-state index contributed by atoms with van der Waals surface area (Å²) in [7, 11) is 0. The zero-order valence-electron chi connectivity index (χ0n) is 12.0. The number of hydrogen-bond acceptors (Lipinski definition) is 2. The molecule has 0 radical (unpaired) electrons. The summed E-state index contributed by atoms with van der Waals surface area (Å²) in [6.45, 7) is 9.42. The molecule has 0 heterocycles. The van der Waals surface area contributed by atoms with Gasteiger partial charge in [0.05, 0.1) is 0 Å². The van der Waals surface area contributed by atoms with Crippen molar-refractivity contribution in [1.82, 2.24) is 5.32 Å². The Bertz CT molecular complexity index is 414. The van der Waals surface area contributed by atoms with E-state index in [1.807, 2.05) is 0 Å². The molecule has 0 aromatic heterocycles. The fraction of sp³-hybridized carbons (Fsp3) is 0.625. The van der Waals surface area contributed by atoms with E-state index in [1.54, 1.807) is 0 Å². The first-order valence-electron chi connectivity index (χ1n) is 7.04. The predicted molar refractivity (Wildman–Crippen MR) is 77.7 cm³/mol. The normalized spacial score (nSPS) is 17.6. The molecule has 0 spiro atoms. The number of aryl methyl sites for hydroxylation is 3. The molecule has 2 rings (SSSR count). The Kier molecular flexibility index (Phi) is 4.08. The minimum absolute atomic E-state index is 0.396. The van der Waals surface area contributed by atoms with Crippen LogP contribution in [-0.4, -0.2) is 13.1 Å². The molecule has 0 atom stereocenters. The zero-order valence-corrected chi connectivity index (χ0v) is 12.0. The quantitative estimate of drug-likeness (QED) is 0.838. The Morgan fingerprint density at radius 2 is 1.78 bits per heavy atom. The van der Waals surface area contributed by atoms with Crippen LogP contribution < -0.4 is 11.1 Å². The van der Waals surface area contributed by atoms with Crippen LogP contribution in [0.25, 0.3) is 0 Å². The zero-order chi connectivity index (χ0) is 13.2. The lowest BCUT2D eigenvalue weighted by molar-refractivity contribution is 0.140. The summed E-state index contributed by atoms with van der Waals surface area (Å²) in [4.78, 5) is 0. The van der Waals surface area contributed by atoms with Gasteiger partial charge in [0.15, 0.2) is 0 Å². The molecule has 0 saturated heterocycles. The van der Waals surface area contributed by atoms with E-state index in [-0.39, 0.29) is 0 Å². The van der Waals surface area contributed by atoms with Crippen molar-refractivity contribution in [2.45, 2.75) is 46.6 Å². The van der Waals surface area contributed by atoms with Crippen LogP contribution in [0.1, 0.15) is 41.5 Å². The average molecular weight is 246 g/mol. The highest BCUT2D eigenvalue weighted by molar-refractivity contribution is 5.36. The van der Waals surface area contributed by atoms with Gasteiger partial charge in [0.25, 0.3) is 0 Å². The van der Waals surface area contributed by atoms with Gasteiger partial charge in [0.2, 0.25) is 0 Å². The van der Waals surface area contributed by atoms with Gasteiger partial charge in [-0.2, -0.15) is 0 Å². The Balaban J connectivity index is 1.92. The highest BCUT2D eigenvalue weighted by Gasteiger charge is 2.34. The summed E-state index contributed by atoms with van der Waals surface area (Å²) < 4.78 is 0. The molecule has 1 aliphatic rings. The molecule has 1 saturated carbocycles. The van der Waals surface area contributed by atoms with E-state index in [0.717, 1.165) is 19.6 Å². The van der Waals surface area contributed by atoms with Crippen LogP contribution in [0.5, 0.6) is 0 Å². The van der Waals surface area contributed by atoms with Gasteiger partial charge in [-0.1, -0.05) is 18.6 Å². The lowest BCUT2D eigenvalue weighted by atomic mass is 9.69. The molecule has 1 aromatic carbocycles. The van der Waals surface area contributed by atoms with Crippen molar-refractivity contribution in [1.29, 1.82) is 0 Å². The molecule has 2 nitrogen and oxygen atoms in total. The molecule has 18 heavy (non-hydrogen) atoms. The first kappa shape index (κ1) is 13.6. The minimum Gasteiger partial charge on any atom is -0.330 e. The number of rotatable bonds is 5. The molecule has 0 aliphatic heterocycles. The third kappa shape index (κ3) is 2.76. The summed E-state index contributed by atoms with van der Waals surface area (Å²) in [6, 6.07) is 4.60. The highest BCUT2D eigenvalue weighted by Crippen LogP contribution is 2.39. The van der Waals surface area contributed by atoms with Gasteiger partial charge >= 0.3 is 0 Å². The number of nitrogens with one attached hydrogen (secondary N) is 1. The van der Waals surface area contributed by atoms with Gasteiger partial charge in [-0.15, -0.1) is 0 Å². The summed E-state index contributed by atoms with van der Waals surface area (Å²) in [5.74, 6) is 0. The number of benzene rings is 1. The van der Waals surface area contributed by atoms with Crippen molar-refractivity contribution in [2.24, 2.45) is 11.1 Å². The van der Waals surface area contributed by atoms with Gasteiger partial charge in [0.1, 0.15) is 0 Å². The predicted octanol–water partition coefficient (Wildman–Crippen LogP) is 2.83. The Hall–Kier alpha value is -0.860.